The topological polar surface area (TPSA) is 72.2 Å². The summed E-state index contributed by atoms with van der Waals surface area (Å²) in [6.07, 6.45) is 0. The third kappa shape index (κ3) is 3.76. The van der Waals surface area contributed by atoms with Gasteiger partial charge >= 0.3 is 0 Å². The molecule has 0 aliphatic carbocycles. The summed E-state index contributed by atoms with van der Waals surface area (Å²) in [5.74, 6) is 0.153. The van der Waals surface area contributed by atoms with Gasteiger partial charge in [-0.25, -0.2) is 4.98 Å². The Hall–Kier alpha value is -4.03. The van der Waals surface area contributed by atoms with Crippen LogP contribution in [-0.4, -0.2) is 25.5 Å². The third-order valence-electron chi connectivity index (χ3n) is 4.80. The van der Waals surface area contributed by atoms with Gasteiger partial charge in [0, 0.05) is 11.1 Å². The van der Waals surface area contributed by atoms with Crippen LogP contribution in [0.2, 0.25) is 5.02 Å². The Morgan fingerprint density at radius 3 is 2.16 bits per heavy atom. The van der Waals surface area contributed by atoms with E-state index >= 15 is 0 Å². The van der Waals surface area contributed by atoms with Gasteiger partial charge in [0.1, 0.15) is 0 Å². The largest absolute Gasteiger partial charge is 0.289 e. The highest BCUT2D eigenvalue weighted by Crippen LogP contribution is 2.26. The Morgan fingerprint density at radius 2 is 1.45 bits per heavy atom. The van der Waals surface area contributed by atoms with Crippen molar-refractivity contribution in [1.29, 1.82) is 0 Å². The maximum atomic E-state index is 12.6. The number of benzene rings is 3. The summed E-state index contributed by atoms with van der Waals surface area (Å²) in [6, 6.07) is 28.5. The zero-order valence-electron chi connectivity index (χ0n) is 16.2. The summed E-state index contributed by atoms with van der Waals surface area (Å²) in [6.45, 7) is 0. The number of hydrogen-bond acceptors (Lipinski definition) is 4. The van der Waals surface area contributed by atoms with Crippen molar-refractivity contribution in [3.8, 4) is 22.5 Å². The molecule has 0 atom stereocenters. The Morgan fingerprint density at radius 1 is 0.806 bits per heavy atom. The van der Waals surface area contributed by atoms with Crippen LogP contribution in [0, 0.1) is 0 Å². The van der Waals surface area contributed by atoms with E-state index < -0.39 is 0 Å². The summed E-state index contributed by atoms with van der Waals surface area (Å²) < 4.78 is 1.63. The molecule has 0 spiro atoms. The van der Waals surface area contributed by atoms with E-state index in [0.717, 1.165) is 22.5 Å². The van der Waals surface area contributed by atoms with Gasteiger partial charge in [-0.05, 0) is 18.2 Å². The molecule has 1 N–H and O–H groups in total. The van der Waals surface area contributed by atoms with Crippen molar-refractivity contribution in [2.75, 3.05) is 5.32 Å². The Bertz CT molecular complexity index is 1380. The van der Waals surface area contributed by atoms with E-state index in [4.69, 9.17) is 11.6 Å². The van der Waals surface area contributed by atoms with Crippen molar-refractivity contribution < 1.29 is 4.79 Å². The van der Waals surface area contributed by atoms with Crippen LogP contribution < -0.4 is 5.32 Å². The van der Waals surface area contributed by atoms with Crippen molar-refractivity contribution >= 4 is 29.2 Å². The number of anilines is 1. The molecule has 3 aromatic carbocycles. The van der Waals surface area contributed by atoms with Crippen molar-refractivity contribution in [2.24, 2.45) is 0 Å². The molecule has 1 amide bonds. The monoisotopic (exact) mass is 425 g/mol. The van der Waals surface area contributed by atoms with Gasteiger partial charge < -0.3 is 0 Å². The molecule has 0 saturated carbocycles. The first-order valence-corrected chi connectivity index (χ1v) is 10.0. The third-order valence-corrected chi connectivity index (χ3v) is 5.12. The van der Waals surface area contributed by atoms with Gasteiger partial charge in [-0.15, -0.1) is 5.10 Å². The molecular formula is C24H16ClN5O. The standard InChI is InChI=1S/C24H16ClN5O/c25-19-14-8-7-13-18(19)22(31)27-23-28-24-26-20(16-9-3-1-4-10-16)15-21(30(24)29-23)17-11-5-2-6-12-17/h1-15H,(H,27,29,31). The maximum absolute atomic E-state index is 12.6. The zero-order chi connectivity index (χ0) is 21.2. The fourth-order valence-electron chi connectivity index (χ4n) is 3.31. The number of nitrogens with one attached hydrogen (secondary N) is 1. The molecule has 7 heteroatoms. The number of carbonyl (C=O) groups is 1. The van der Waals surface area contributed by atoms with Gasteiger partial charge in [-0.1, -0.05) is 84.4 Å². The highest BCUT2D eigenvalue weighted by Gasteiger charge is 2.16. The lowest BCUT2D eigenvalue weighted by molar-refractivity contribution is 0.102. The van der Waals surface area contributed by atoms with Gasteiger partial charge in [-0.2, -0.15) is 9.50 Å². The first-order valence-electron chi connectivity index (χ1n) is 9.63. The van der Waals surface area contributed by atoms with E-state index in [2.05, 4.69) is 20.4 Å². The second-order valence-corrected chi connectivity index (χ2v) is 7.25. The summed E-state index contributed by atoms with van der Waals surface area (Å²) in [5.41, 5.74) is 3.86. The molecule has 5 rings (SSSR count). The van der Waals surface area contributed by atoms with E-state index in [0.29, 0.717) is 16.4 Å². The molecule has 0 radical (unpaired) electrons. The number of aromatic nitrogens is 4. The van der Waals surface area contributed by atoms with E-state index in [1.54, 1.807) is 28.8 Å². The Balaban J connectivity index is 1.61. The van der Waals surface area contributed by atoms with Crippen molar-refractivity contribution in [3.05, 3.63) is 102 Å². The van der Waals surface area contributed by atoms with Crippen LogP contribution in [0.3, 0.4) is 0 Å². The predicted molar refractivity (Wildman–Crippen MR) is 121 cm³/mol. The normalized spacial score (nSPS) is 10.9. The summed E-state index contributed by atoms with van der Waals surface area (Å²) in [4.78, 5) is 21.8. The van der Waals surface area contributed by atoms with Crippen molar-refractivity contribution in [3.63, 3.8) is 0 Å². The van der Waals surface area contributed by atoms with Crippen LogP contribution in [-0.2, 0) is 0 Å². The molecule has 2 aromatic heterocycles. The summed E-state index contributed by atoms with van der Waals surface area (Å²) in [7, 11) is 0. The molecular weight excluding hydrogens is 410 g/mol. The molecule has 0 unspecified atom stereocenters. The smallest absolute Gasteiger partial charge is 0.259 e. The molecule has 31 heavy (non-hydrogen) atoms. The average molecular weight is 426 g/mol. The Labute approximate surface area is 183 Å². The van der Waals surface area contributed by atoms with E-state index in [-0.39, 0.29) is 11.9 Å². The molecule has 2 heterocycles. The summed E-state index contributed by atoms with van der Waals surface area (Å²) in [5, 5.41) is 7.57. The van der Waals surface area contributed by atoms with E-state index in [1.807, 2.05) is 66.7 Å². The fraction of sp³-hybridized carbons (Fsp3) is 0. The lowest BCUT2D eigenvalue weighted by atomic mass is 10.1. The van der Waals surface area contributed by atoms with Crippen molar-refractivity contribution in [2.45, 2.75) is 0 Å². The van der Waals surface area contributed by atoms with Gasteiger partial charge in [0.05, 0.1) is 22.0 Å². The predicted octanol–water partition coefficient (Wildman–Crippen LogP) is 5.36. The highest BCUT2D eigenvalue weighted by atomic mass is 35.5. The van der Waals surface area contributed by atoms with Gasteiger partial charge in [0.2, 0.25) is 0 Å². The number of nitrogens with zero attached hydrogens (tertiary/aromatic N) is 4. The lowest BCUT2D eigenvalue weighted by Gasteiger charge is -2.07. The first-order chi connectivity index (χ1) is 15.2. The lowest BCUT2D eigenvalue weighted by Crippen LogP contribution is -2.13. The number of hydrogen-bond donors (Lipinski definition) is 1. The maximum Gasteiger partial charge on any atom is 0.259 e. The second-order valence-electron chi connectivity index (χ2n) is 6.84. The zero-order valence-corrected chi connectivity index (χ0v) is 17.0. The van der Waals surface area contributed by atoms with Crippen molar-refractivity contribution in [1.82, 2.24) is 19.6 Å². The van der Waals surface area contributed by atoms with E-state index in [9.17, 15) is 4.79 Å². The minimum absolute atomic E-state index is 0.153. The average Bonchev–Trinajstić information content (AvgIpc) is 3.22. The molecule has 5 aromatic rings. The van der Waals surface area contributed by atoms with Crippen LogP contribution in [0.1, 0.15) is 10.4 Å². The number of fused-ring (bicyclic) bond motifs is 1. The number of halogens is 1. The molecule has 0 aliphatic rings. The van der Waals surface area contributed by atoms with Gasteiger partial charge in [0.15, 0.2) is 0 Å². The molecule has 150 valence electrons. The minimum atomic E-state index is -0.383. The van der Waals surface area contributed by atoms with Gasteiger partial charge in [-0.3, -0.25) is 10.1 Å². The van der Waals surface area contributed by atoms with Crippen LogP contribution >= 0.6 is 11.6 Å². The molecule has 0 bridgehead atoms. The number of amides is 1. The summed E-state index contributed by atoms with van der Waals surface area (Å²) >= 11 is 6.14. The molecule has 6 nitrogen and oxygen atoms in total. The molecule has 0 saturated heterocycles. The minimum Gasteiger partial charge on any atom is -0.289 e. The number of carbonyl (C=O) groups excluding carboxylic acids is 1. The van der Waals surface area contributed by atoms with Crippen LogP contribution in [0.15, 0.2) is 91.0 Å². The van der Waals surface area contributed by atoms with Crippen LogP contribution in [0.4, 0.5) is 5.95 Å². The SMILES string of the molecule is O=C(Nc1nc2nc(-c3ccccc3)cc(-c3ccccc3)n2n1)c1ccccc1Cl. The van der Waals surface area contributed by atoms with Gasteiger partial charge in [0.25, 0.3) is 17.6 Å². The quantitative estimate of drug-likeness (QED) is 0.420. The fourth-order valence-corrected chi connectivity index (χ4v) is 3.53. The van der Waals surface area contributed by atoms with Crippen LogP contribution in [0.5, 0.6) is 0 Å². The number of rotatable bonds is 4. The Kier molecular flexibility index (Phi) is 4.90. The first kappa shape index (κ1) is 19.0. The van der Waals surface area contributed by atoms with Crippen LogP contribution in [0.25, 0.3) is 28.3 Å². The highest BCUT2D eigenvalue weighted by molar-refractivity contribution is 6.34. The van der Waals surface area contributed by atoms with E-state index in [1.165, 1.54) is 0 Å². The second kappa shape index (κ2) is 8.01. The molecule has 0 fully saturated rings. The molecule has 0 aliphatic heterocycles.